The lowest BCUT2D eigenvalue weighted by molar-refractivity contribution is 0.0696. The molecule has 0 saturated heterocycles. The molecule has 86 valence electrons. The maximum Gasteiger partial charge on any atom is 0.337 e. The molecule has 17 heavy (non-hydrogen) atoms. The van der Waals surface area contributed by atoms with Crippen LogP contribution in [0.1, 0.15) is 15.9 Å². The van der Waals surface area contributed by atoms with Crippen LogP contribution in [0.4, 0.5) is 0 Å². The van der Waals surface area contributed by atoms with Gasteiger partial charge in [0.2, 0.25) is 0 Å². The Morgan fingerprint density at radius 2 is 2.00 bits per heavy atom. The summed E-state index contributed by atoms with van der Waals surface area (Å²) in [6.45, 7) is 2.04. The highest BCUT2D eigenvalue weighted by atomic mass is 32.2. The van der Waals surface area contributed by atoms with E-state index in [0.717, 1.165) is 9.92 Å². The van der Waals surface area contributed by atoms with Crippen molar-refractivity contribution < 1.29 is 9.90 Å². The number of carboxylic acid groups (broad SMARTS) is 1. The van der Waals surface area contributed by atoms with Gasteiger partial charge in [0.15, 0.2) is 0 Å². The Morgan fingerprint density at radius 3 is 2.59 bits per heavy atom. The number of benzene rings is 1. The normalized spacial score (nSPS) is 10.2. The summed E-state index contributed by atoms with van der Waals surface area (Å²) in [6.07, 6.45) is 1.38. The van der Waals surface area contributed by atoms with Crippen LogP contribution in [-0.4, -0.2) is 16.1 Å². The number of aromatic nitrogens is 1. The molecular formula is C13H11NO2S. The van der Waals surface area contributed by atoms with E-state index < -0.39 is 5.97 Å². The molecule has 1 aromatic heterocycles. The second-order valence-corrected chi connectivity index (χ2v) is 4.62. The van der Waals surface area contributed by atoms with E-state index in [1.54, 1.807) is 12.1 Å². The zero-order chi connectivity index (χ0) is 12.3. The lowest BCUT2D eigenvalue weighted by atomic mass is 10.2. The van der Waals surface area contributed by atoms with Crippen LogP contribution in [0.5, 0.6) is 0 Å². The molecule has 1 N–H and O–H groups in total. The van der Waals surface area contributed by atoms with Crippen LogP contribution < -0.4 is 0 Å². The number of carboxylic acids is 1. The van der Waals surface area contributed by atoms with E-state index in [1.807, 2.05) is 31.2 Å². The minimum absolute atomic E-state index is 0.208. The molecule has 3 nitrogen and oxygen atoms in total. The van der Waals surface area contributed by atoms with Gasteiger partial charge in [0.05, 0.1) is 5.56 Å². The van der Waals surface area contributed by atoms with Crippen molar-refractivity contribution >= 4 is 17.7 Å². The Hall–Kier alpha value is -1.81. The number of aryl methyl sites for hydroxylation is 1. The van der Waals surface area contributed by atoms with Gasteiger partial charge in [-0.3, -0.25) is 0 Å². The first-order chi connectivity index (χ1) is 8.16. The molecule has 1 heterocycles. The fourth-order valence-electron chi connectivity index (χ4n) is 1.35. The molecule has 0 aliphatic carbocycles. The maximum atomic E-state index is 10.7. The fraction of sp³-hybridized carbons (Fsp3) is 0.0769. The number of pyridine rings is 1. The van der Waals surface area contributed by atoms with Gasteiger partial charge in [-0.1, -0.05) is 30.0 Å². The number of aromatic carboxylic acids is 1. The van der Waals surface area contributed by atoms with Crippen molar-refractivity contribution in [1.29, 1.82) is 0 Å². The van der Waals surface area contributed by atoms with Gasteiger partial charge in [-0.05, 0) is 30.7 Å². The minimum atomic E-state index is -0.954. The first kappa shape index (κ1) is 11.7. The molecule has 0 aliphatic heterocycles. The summed E-state index contributed by atoms with van der Waals surface area (Å²) in [5, 5.41) is 9.56. The molecule has 0 saturated carbocycles. The predicted octanol–water partition coefficient (Wildman–Crippen LogP) is 3.24. The summed E-state index contributed by atoms with van der Waals surface area (Å²) in [4.78, 5) is 15.9. The Morgan fingerprint density at radius 1 is 1.24 bits per heavy atom. The van der Waals surface area contributed by atoms with Crippen LogP contribution in [0.3, 0.4) is 0 Å². The number of hydrogen-bond donors (Lipinski definition) is 1. The highest BCUT2D eigenvalue weighted by Gasteiger charge is 2.05. The van der Waals surface area contributed by atoms with Gasteiger partial charge in [0, 0.05) is 11.1 Å². The number of hydrogen-bond acceptors (Lipinski definition) is 3. The van der Waals surface area contributed by atoms with Gasteiger partial charge >= 0.3 is 5.97 Å². The number of nitrogens with zero attached hydrogens (tertiary/aromatic N) is 1. The van der Waals surface area contributed by atoms with Crippen LogP contribution >= 0.6 is 11.8 Å². The Balaban J connectivity index is 2.20. The molecular weight excluding hydrogens is 234 g/mol. The van der Waals surface area contributed by atoms with Crippen molar-refractivity contribution in [3.05, 3.63) is 53.7 Å². The molecule has 0 amide bonds. The van der Waals surface area contributed by atoms with Crippen molar-refractivity contribution in [2.75, 3.05) is 0 Å². The van der Waals surface area contributed by atoms with E-state index in [-0.39, 0.29) is 5.56 Å². The largest absolute Gasteiger partial charge is 0.478 e. The Labute approximate surface area is 104 Å². The lowest BCUT2D eigenvalue weighted by Crippen LogP contribution is -1.96. The SMILES string of the molecule is Cc1ccccc1Sc1ccc(C(=O)O)cn1. The summed E-state index contributed by atoms with van der Waals surface area (Å²) in [5.41, 5.74) is 1.39. The fourth-order valence-corrected chi connectivity index (χ4v) is 2.19. The van der Waals surface area contributed by atoms with E-state index in [2.05, 4.69) is 4.98 Å². The minimum Gasteiger partial charge on any atom is -0.478 e. The van der Waals surface area contributed by atoms with Crippen molar-refractivity contribution in [3.63, 3.8) is 0 Å². The third-order valence-corrected chi connectivity index (χ3v) is 3.42. The summed E-state index contributed by atoms with van der Waals surface area (Å²) in [6, 6.07) is 11.3. The first-order valence-electron chi connectivity index (χ1n) is 5.09. The molecule has 0 spiro atoms. The molecule has 4 heteroatoms. The molecule has 0 unspecified atom stereocenters. The zero-order valence-corrected chi connectivity index (χ0v) is 10.1. The second kappa shape index (κ2) is 5.01. The smallest absolute Gasteiger partial charge is 0.337 e. The van der Waals surface area contributed by atoms with Crippen molar-refractivity contribution in [3.8, 4) is 0 Å². The van der Waals surface area contributed by atoms with Crippen LogP contribution in [-0.2, 0) is 0 Å². The van der Waals surface area contributed by atoms with Crippen LogP contribution in [0.25, 0.3) is 0 Å². The zero-order valence-electron chi connectivity index (χ0n) is 9.25. The van der Waals surface area contributed by atoms with E-state index in [1.165, 1.54) is 23.5 Å². The molecule has 1 aromatic carbocycles. The third-order valence-electron chi connectivity index (χ3n) is 2.29. The first-order valence-corrected chi connectivity index (χ1v) is 5.91. The third kappa shape index (κ3) is 2.85. The monoisotopic (exact) mass is 245 g/mol. The Kier molecular flexibility index (Phi) is 3.44. The second-order valence-electron chi connectivity index (χ2n) is 3.56. The molecule has 0 atom stereocenters. The quantitative estimate of drug-likeness (QED) is 0.901. The predicted molar refractivity (Wildman–Crippen MR) is 66.5 cm³/mol. The molecule has 2 rings (SSSR count). The van der Waals surface area contributed by atoms with E-state index in [0.29, 0.717) is 0 Å². The van der Waals surface area contributed by atoms with Crippen LogP contribution in [0.15, 0.2) is 52.5 Å². The van der Waals surface area contributed by atoms with Gasteiger partial charge in [0.1, 0.15) is 5.03 Å². The van der Waals surface area contributed by atoms with Gasteiger partial charge < -0.3 is 5.11 Å². The Bertz CT molecular complexity index is 537. The average Bonchev–Trinajstić information content (AvgIpc) is 2.33. The molecule has 0 bridgehead atoms. The van der Waals surface area contributed by atoms with Crippen molar-refractivity contribution in [2.45, 2.75) is 16.8 Å². The van der Waals surface area contributed by atoms with E-state index in [9.17, 15) is 4.79 Å². The van der Waals surface area contributed by atoms with Gasteiger partial charge in [0.25, 0.3) is 0 Å². The van der Waals surface area contributed by atoms with Crippen LogP contribution in [0, 0.1) is 6.92 Å². The van der Waals surface area contributed by atoms with Crippen molar-refractivity contribution in [1.82, 2.24) is 4.98 Å². The van der Waals surface area contributed by atoms with E-state index >= 15 is 0 Å². The average molecular weight is 245 g/mol. The summed E-state index contributed by atoms with van der Waals surface area (Å²) >= 11 is 1.53. The lowest BCUT2D eigenvalue weighted by Gasteiger charge is -2.04. The summed E-state index contributed by atoms with van der Waals surface area (Å²) in [7, 11) is 0. The van der Waals surface area contributed by atoms with E-state index in [4.69, 9.17) is 5.11 Å². The highest BCUT2D eigenvalue weighted by Crippen LogP contribution is 2.28. The van der Waals surface area contributed by atoms with Gasteiger partial charge in [-0.15, -0.1) is 0 Å². The van der Waals surface area contributed by atoms with Crippen LogP contribution in [0.2, 0.25) is 0 Å². The number of rotatable bonds is 3. The molecule has 0 radical (unpaired) electrons. The number of carbonyl (C=O) groups is 1. The topological polar surface area (TPSA) is 50.2 Å². The molecule has 0 aliphatic rings. The molecule has 0 fully saturated rings. The summed E-state index contributed by atoms with van der Waals surface area (Å²) < 4.78 is 0. The van der Waals surface area contributed by atoms with Gasteiger partial charge in [-0.2, -0.15) is 0 Å². The molecule has 2 aromatic rings. The standard InChI is InChI=1S/C13H11NO2S/c1-9-4-2-3-5-11(9)17-12-7-6-10(8-14-12)13(15)16/h2-8H,1H3,(H,15,16). The highest BCUT2D eigenvalue weighted by molar-refractivity contribution is 7.99. The summed E-state index contributed by atoms with van der Waals surface area (Å²) in [5.74, 6) is -0.954. The van der Waals surface area contributed by atoms with Crippen molar-refractivity contribution in [2.24, 2.45) is 0 Å². The maximum absolute atomic E-state index is 10.7. The van der Waals surface area contributed by atoms with Gasteiger partial charge in [-0.25, -0.2) is 9.78 Å².